The van der Waals surface area contributed by atoms with Gasteiger partial charge in [0, 0.05) is 22.4 Å². The largest absolute Gasteiger partial charge is 0.355 e. The number of rotatable bonds is 4. The van der Waals surface area contributed by atoms with E-state index in [1.165, 1.54) is 76.7 Å². The molecule has 4 aromatic carbocycles. The number of hydrogen-bond donors (Lipinski definition) is 1. The van der Waals surface area contributed by atoms with Crippen molar-refractivity contribution in [3.63, 3.8) is 0 Å². The van der Waals surface area contributed by atoms with Crippen LogP contribution in [0, 0.1) is 0 Å². The van der Waals surface area contributed by atoms with Gasteiger partial charge in [-0.05, 0) is 70.3 Å². The zero-order valence-corrected chi connectivity index (χ0v) is 20.3. The molecule has 0 heterocycles. The van der Waals surface area contributed by atoms with Crippen LogP contribution in [0.25, 0.3) is 22.3 Å². The first-order chi connectivity index (χ1) is 16.6. The van der Waals surface area contributed by atoms with Crippen LogP contribution in [0.15, 0.2) is 91.0 Å². The minimum absolute atomic E-state index is 0.0106. The van der Waals surface area contributed by atoms with E-state index in [-0.39, 0.29) is 5.41 Å². The number of benzene rings is 4. The van der Waals surface area contributed by atoms with Gasteiger partial charge in [-0.1, -0.05) is 106 Å². The highest BCUT2D eigenvalue weighted by Crippen LogP contribution is 2.49. The topological polar surface area (TPSA) is 12.0 Å². The summed E-state index contributed by atoms with van der Waals surface area (Å²) in [5.41, 5.74) is 12.1. The van der Waals surface area contributed by atoms with Crippen molar-refractivity contribution in [3.05, 3.63) is 108 Å². The van der Waals surface area contributed by atoms with E-state index in [1.807, 2.05) is 0 Å². The molecular formula is C33H33N. The van der Waals surface area contributed by atoms with E-state index in [4.69, 9.17) is 0 Å². The lowest BCUT2D eigenvalue weighted by atomic mass is 9.80. The lowest BCUT2D eigenvalue weighted by Crippen LogP contribution is -2.15. The predicted octanol–water partition coefficient (Wildman–Crippen LogP) is 9.45. The van der Waals surface area contributed by atoms with Gasteiger partial charge in [-0.15, -0.1) is 0 Å². The molecule has 1 nitrogen and oxygen atoms in total. The average Bonchev–Trinajstić information content (AvgIpc) is 3.11. The summed E-state index contributed by atoms with van der Waals surface area (Å²) in [4.78, 5) is 0. The van der Waals surface area contributed by atoms with Gasteiger partial charge >= 0.3 is 0 Å². The van der Waals surface area contributed by atoms with Gasteiger partial charge in [-0.3, -0.25) is 0 Å². The van der Waals surface area contributed by atoms with Gasteiger partial charge in [0.1, 0.15) is 0 Å². The average molecular weight is 444 g/mol. The van der Waals surface area contributed by atoms with E-state index in [0.29, 0.717) is 5.92 Å². The first-order valence-corrected chi connectivity index (χ1v) is 12.8. The third kappa shape index (κ3) is 3.55. The van der Waals surface area contributed by atoms with Gasteiger partial charge in [0.25, 0.3) is 0 Å². The molecule has 2 aliphatic rings. The summed E-state index contributed by atoms with van der Waals surface area (Å²) in [6, 6.07) is 33.6. The van der Waals surface area contributed by atoms with Gasteiger partial charge < -0.3 is 5.32 Å². The molecule has 1 fully saturated rings. The smallest absolute Gasteiger partial charge is 0.0464 e. The fraction of sp³-hybridized carbons (Fsp3) is 0.273. The quantitative estimate of drug-likeness (QED) is 0.331. The summed E-state index contributed by atoms with van der Waals surface area (Å²) >= 11 is 0. The third-order valence-corrected chi connectivity index (χ3v) is 8.09. The van der Waals surface area contributed by atoms with E-state index < -0.39 is 0 Å². The summed E-state index contributed by atoms with van der Waals surface area (Å²) in [5, 5.41) is 3.80. The normalized spacial score (nSPS) is 16.6. The minimum Gasteiger partial charge on any atom is -0.355 e. The Balaban J connectivity index is 1.38. The number of nitrogens with one attached hydrogen (secondary N) is 1. The second kappa shape index (κ2) is 8.47. The second-order valence-corrected chi connectivity index (χ2v) is 10.5. The third-order valence-electron chi connectivity index (χ3n) is 8.09. The molecule has 34 heavy (non-hydrogen) atoms. The van der Waals surface area contributed by atoms with Crippen molar-refractivity contribution in [1.29, 1.82) is 0 Å². The Hall–Kier alpha value is -3.32. The Labute approximate surface area is 203 Å². The van der Waals surface area contributed by atoms with Gasteiger partial charge in [-0.25, -0.2) is 0 Å². The maximum Gasteiger partial charge on any atom is 0.0464 e. The number of fused-ring (bicyclic) bond motifs is 3. The minimum atomic E-state index is 0.0106. The van der Waals surface area contributed by atoms with Crippen molar-refractivity contribution >= 4 is 11.4 Å². The molecule has 1 saturated carbocycles. The molecule has 170 valence electrons. The molecule has 0 unspecified atom stereocenters. The van der Waals surface area contributed by atoms with Gasteiger partial charge in [0.15, 0.2) is 0 Å². The van der Waals surface area contributed by atoms with E-state index >= 15 is 0 Å². The van der Waals surface area contributed by atoms with E-state index in [2.05, 4.69) is 110 Å². The molecule has 1 heteroatoms. The van der Waals surface area contributed by atoms with Crippen molar-refractivity contribution in [2.45, 2.75) is 57.3 Å². The molecule has 0 atom stereocenters. The fourth-order valence-electron chi connectivity index (χ4n) is 6.28. The van der Waals surface area contributed by atoms with Crippen molar-refractivity contribution in [2.24, 2.45) is 0 Å². The Morgan fingerprint density at radius 3 is 2.09 bits per heavy atom. The number of para-hydroxylation sites is 1. The van der Waals surface area contributed by atoms with Crippen molar-refractivity contribution in [1.82, 2.24) is 0 Å². The van der Waals surface area contributed by atoms with Crippen LogP contribution in [0.4, 0.5) is 11.4 Å². The molecule has 4 aromatic rings. The summed E-state index contributed by atoms with van der Waals surface area (Å²) in [6.07, 6.45) is 6.72. The standard InChI is InChI=1S/C33H33N/c1-33(2)30-18-10-8-16-27(30)28-21-20-24(22-31(28)33)34-32-19-11-9-17-29(32)26-15-7-6-14-25(26)23-12-4-3-5-13-23/h6-11,14-23,34H,3-5,12-13H2,1-2H3. The van der Waals surface area contributed by atoms with Crippen LogP contribution in [0.1, 0.15) is 68.6 Å². The van der Waals surface area contributed by atoms with Crippen molar-refractivity contribution in [3.8, 4) is 22.3 Å². The molecule has 0 amide bonds. The second-order valence-electron chi connectivity index (χ2n) is 10.5. The first kappa shape index (κ1) is 21.2. The number of hydrogen-bond acceptors (Lipinski definition) is 1. The molecule has 0 saturated heterocycles. The Morgan fingerprint density at radius 2 is 1.26 bits per heavy atom. The molecule has 0 spiro atoms. The Kier molecular flexibility index (Phi) is 5.29. The zero-order chi connectivity index (χ0) is 23.1. The van der Waals surface area contributed by atoms with Crippen LogP contribution < -0.4 is 5.32 Å². The molecule has 1 N–H and O–H groups in total. The van der Waals surface area contributed by atoms with Crippen molar-refractivity contribution < 1.29 is 0 Å². The Bertz CT molecular complexity index is 1340. The molecule has 0 radical (unpaired) electrons. The highest BCUT2D eigenvalue weighted by atomic mass is 14.9. The van der Waals surface area contributed by atoms with E-state index in [1.54, 1.807) is 0 Å². The molecule has 6 rings (SSSR count). The molecule has 0 aromatic heterocycles. The van der Waals surface area contributed by atoms with E-state index in [0.717, 1.165) is 5.69 Å². The lowest BCUT2D eigenvalue weighted by molar-refractivity contribution is 0.444. The van der Waals surface area contributed by atoms with Gasteiger partial charge in [0.05, 0.1) is 0 Å². The van der Waals surface area contributed by atoms with Crippen LogP contribution in [0.2, 0.25) is 0 Å². The Morgan fingerprint density at radius 1 is 0.618 bits per heavy atom. The first-order valence-electron chi connectivity index (χ1n) is 12.8. The van der Waals surface area contributed by atoms with Gasteiger partial charge in [-0.2, -0.15) is 0 Å². The lowest BCUT2D eigenvalue weighted by Gasteiger charge is -2.25. The molecular weight excluding hydrogens is 410 g/mol. The highest BCUT2D eigenvalue weighted by molar-refractivity contribution is 5.86. The molecule has 2 aliphatic carbocycles. The highest BCUT2D eigenvalue weighted by Gasteiger charge is 2.35. The molecule has 0 aliphatic heterocycles. The zero-order valence-electron chi connectivity index (χ0n) is 20.3. The number of anilines is 2. The van der Waals surface area contributed by atoms with Crippen molar-refractivity contribution in [2.75, 3.05) is 5.32 Å². The summed E-state index contributed by atoms with van der Waals surface area (Å²) in [5.74, 6) is 0.678. The van der Waals surface area contributed by atoms with Gasteiger partial charge in [0.2, 0.25) is 0 Å². The van der Waals surface area contributed by atoms with Crippen LogP contribution in [-0.2, 0) is 5.41 Å². The van der Waals surface area contributed by atoms with Crippen LogP contribution in [0.5, 0.6) is 0 Å². The van der Waals surface area contributed by atoms with Crippen LogP contribution in [0.3, 0.4) is 0 Å². The van der Waals surface area contributed by atoms with E-state index in [9.17, 15) is 0 Å². The van der Waals surface area contributed by atoms with Crippen LogP contribution in [-0.4, -0.2) is 0 Å². The molecule has 0 bridgehead atoms. The predicted molar refractivity (Wildman–Crippen MR) is 145 cm³/mol. The fourth-order valence-corrected chi connectivity index (χ4v) is 6.28. The summed E-state index contributed by atoms with van der Waals surface area (Å²) in [6.45, 7) is 4.69. The monoisotopic (exact) mass is 443 g/mol. The maximum atomic E-state index is 3.80. The van der Waals surface area contributed by atoms with Crippen LogP contribution >= 0.6 is 0 Å². The summed E-state index contributed by atoms with van der Waals surface area (Å²) < 4.78 is 0. The SMILES string of the molecule is CC1(C)c2ccccc2-c2ccc(Nc3ccccc3-c3ccccc3C3CCCCC3)cc21. The summed E-state index contributed by atoms with van der Waals surface area (Å²) in [7, 11) is 0. The maximum absolute atomic E-state index is 3.80.